The Balaban J connectivity index is 1.52. The van der Waals surface area contributed by atoms with E-state index in [-0.39, 0.29) is 5.91 Å². The highest BCUT2D eigenvalue weighted by atomic mass is 16.1. The minimum Gasteiger partial charge on any atom is -0.351 e. The molecule has 0 bridgehead atoms. The first-order chi connectivity index (χ1) is 10.3. The zero-order chi connectivity index (χ0) is 14.5. The number of rotatable bonds is 6. The van der Waals surface area contributed by atoms with Gasteiger partial charge in [0.25, 0.3) is 5.91 Å². The van der Waals surface area contributed by atoms with Gasteiger partial charge in [0.1, 0.15) is 5.69 Å². The molecule has 1 aliphatic carbocycles. The summed E-state index contributed by atoms with van der Waals surface area (Å²) in [5, 5.41) is 6.08. The molecule has 0 saturated heterocycles. The second-order valence-electron chi connectivity index (χ2n) is 5.18. The van der Waals surface area contributed by atoms with Crippen LogP contribution in [0.15, 0.2) is 42.6 Å². The summed E-state index contributed by atoms with van der Waals surface area (Å²) in [7, 11) is 0. The van der Waals surface area contributed by atoms with E-state index >= 15 is 0 Å². The molecule has 0 radical (unpaired) electrons. The zero-order valence-electron chi connectivity index (χ0n) is 11.7. The molecule has 1 heterocycles. The van der Waals surface area contributed by atoms with Crippen LogP contribution < -0.4 is 10.6 Å². The Labute approximate surface area is 123 Å². The molecule has 21 heavy (non-hydrogen) atoms. The predicted octanol–water partition coefficient (Wildman–Crippen LogP) is 2.02. The van der Waals surface area contributed by atoms with Gasteiger partial charge in [0, 0.05) is 18.8 Å². The first-order valence-electron chi connectivity index (χ1n) is 7.23. The predicted molar refractivity (Wildman–Crippen MR) is 81.2 cm³/mol. The molecule has 5 nitrogen and oxygen atoms in total. The van der Waals surface area contributed by atoms with Crippen LogP contribution in [0.5, 0.6) is 0 Å². The van der Waals surface area contributed by atoms with Crippen molar-refractivity contribution in [2.75, 3.05) is 11.9 Å². The number of carbonyl (C=O) groups excluding carboxylic acids is 1. The fraction of sp³-hybridized carbons (Fsp3) is 0.312. The minimum atomic E-state index is -0.160. The number of nitrogens with one attached hydrogen (secondary N) is 2. The molecule has 0 atom stereocenters. The molecule has 1 aromatic carbocycles. The lowest BCUT2D eigenvalue weighted by Gasteiger charge is -2.06. The third kappa shape index (κ3) is 4.02. The maximum Gasteiger partial charge on any atom is 0.270 e. The monoisotopic (exact) mass is 282 g/mol. The molecule has 2 N–H and O–H groups in total. The number of carbonyl (C=O) groups is 1. The van der Waals surface area contributed by atoms with Crippen molar-refractivity contribution in [3.63, 3.8) is 0 Å². The molecular formula is C16H18N4O. The van der Waals surface area contributed by atoms with Crippen molar-refractivity contribution < 1.29 is 4.79 Å². The van der Waals surface area contributed by atoms with Crippen molar-refractivity contribution in [3.05, 3.63) is 53.9 Å². The summed E-state index contributed by atoms with van der Waals surface area (Å²) in [6.07, 6.45) is 4.72. The fourth-order valence-corrected chi connectivity index (χ4v) is 2.02. The van der Waals surface area contributed by atoms with Crippen LogP contribution in [0, 0.1) is 0 Å². The van der Waals surface area contributed by atoms with E-state index in [1.807, 2.05) is 18.2 Å². The van der Waals surface area contributed by atoms with E-state index in [0.29, 0.717) is 24.2 Å². The summed E-state index contributed by atoms with van der Waals surface area (Å²) in [4.78, 5) is 20.4. The Kier molecular flexibility index (Phi) is 4.09. The molecule has 1 saturated carbocycles. The van der Waals surface area contributed by atoms with Gasteiger partial charge in [-0.25, -0.2) is 9.97 Å². The van der Waals surface area contributed by atoms with Crippen molar-refractivity contribution in [2.45, 2.75) is 25.3 Å². The highest BCUT2D eigenvalue weighted by molar-refractivity contribution is 5.92. The summed E-state index contributed by atoms with van der Waals surface area (Å²) in [5.41, 5.74) is 1.61. The number of hydrogen-bond donors (Lipinski definition) is 2. The van der Waals surface area contributed by atoms with Gasteiger partial charge in [0.2, 0.25) is 5.95 Å². The third-order valence-corrected chi connectivity index (χ3v) is 3.34. The van der Waals surface area contributed by atoms with Crippen molar-refractivity contribution in [3.8, 4) is 0 Å². The van der Waals surface area contributed by atoms with Gasteiger partial charge in [-0.3, -0.25) is 4.79 Å². The van der Waals surface area contributed by atoms with Crippen LogP contribution in [-0.4, -0.2) is 28.5 Å². The van der Waals surface area contributed by atoms with E-state index in [4.69, 9.17) is 0 Å². The van der Waals surface area contributed by atoms with E-state index in [1.54, 1.807) is 12.3 Å². The Morgan fingerprint density at radius 3 is 2.76 bits per heavy atom. The SMILES string of the molecule is O=C(NCCc1ccccc1)c1ccnc(NC2CC2)n1. The van der Waals surface area contributed by atoms with E-state index in [9.17, 15) is 4.79 Å². The average molecular weight is 282 g/mol. The highest BCUT2D eigenvalue weighted by Gasteiger charge is 2.22. The Morgan fingerprint density at radius 1 is 1.19 bits per heavy atom. The highest BCUT2D eigenvalue weighted by Crippen LogP contribution is 2.22. The molecule has 1 aliphatic rings. The normalized spacial score (nSPS) is 13.7. The molecule has 5 heteroatoms. The average Bonchev–Trinajstić information content (AvgIpc) is 3.32. The quantitative estimate of drug-likeness (QED) is 0.850. The van der Waals surface area contributed by atoms with E-state index in [1.165, 1.54) is 5.56 Å². The maximum atomic E-state index is 12.1. The number of aromatic nitrogens is 2. The molecule has 1 aromatic heterocycles. The topological polar surface area (TPSA) is 66.9 Å². The molecule has 3 rings (SSSR count). The van der Waals surface area contributed by atoms with Crippen LogP contribution in [-0.2, 0) is 6.42 Å². The lowest BCUT2D eigenvalue weighted by molar-refractivity contribution is 0.0949. The standard InChI is InChI=1S/C16H18N4O/c21-15(17-10-8-12-4-2-1-3-5-12)14-9-11-18-16(20-14)19-13-6-7-13/h1-5,9,11,13H,6-8,10H2,(H,17,21)(H,18,19,20). The van der Waals surface area contributed by atoms with Crippen molar-refractivity contribution in [2.24, 2.45) is 0 Å². The van der Waals surface area contributed by atoms with Crippen molar-refractivity contribution >= 4 is 11.9 Å². The summed E-state index contributed by atoms with van der Waals surface area (Å²) in [5.74, 6) is 0.375. The largest absolute Gasteiger partial charge is 0.351 e. The number of benzene rings is 1. The molecule has 0 spiro atoms. The Morgan fingerprint density at radius 2 is 2.00 bits per heavy atom. The second kappa shape index (κ2) is 6.35. The lowest BCUT2D eigenvalue weighted by atomic mass is 10.1. The Bertz CT molecular complexity index is 611. The number of hydrogen-bond acceptors (Lipinski definition) is 4. The summed E-state index contributed by atoms with van der Waals surface area (Å²) in [6.45, 7) is 0.595. The summed E-state index contributed by atoms with van der Waals surface area (Å²) in [6, 6.07) is 12.2. The maximum absolute atomic E-state index is 12.1. The third-order valence-electron chi connectivity index (χ3n) is 3.34. The van der Waals surface area contributed by atoms with Crippen LogP contribution >= 0.6 is 0 Å². The van der Waals surface area contributed by atoms with E-state index in [2.05, 4.69) is 32.7 Å². The number of nitrogens with zero attached hydrogens (tertiary/aromatic N) is 2. The summed E-state index contributed by atoms with van der Waals surface area (Å²) >= 11 is 0. The van der Waals surface area contributed by atoms with Crippen molar-refractivity contribution in [1.29, 1.82) is 0 Å². The first-order valence-corrected chi connectivity index (χ1v) is 7.23. The van der Waals surface area contributed by atoms with Gasteiger partial charge in [-0.1, -0.05) is 30.3 Å². The molecule has 0 unspecified atom stereocenters. The first kappa shape index (κ1) is 13.5. The van der Waals surface area contributed by atoms with Gasteiger partial charge >= 0.3 is 0 Å². The summed E-state index contributed by atoms with van der Waals surface area (Å²) < 4.78 is 0. The molecule has 1 fully saturated rings. The van der Waals surface area contributed by atoms with Gasteiger partial charge in [-0.2, -0.15) is 0 Å². The van der Waals surface area contributed by atoms with Crippen molar-refractivity contribution in [1.82, 2.24) is 15.3 Å². The molecule has 0 aliphatic heterocycles. The van der Waals surface area contributed by atoms with E-state index in [0.717, 1.165) is 19.3 Å². The molecule has 108 valence electrons. The van der Waals surface area contributed by atoms with Gasteiger partial charge in [-0.05, 0) is 30.9 Å². The fourth-order valence-electron chi connectivity index (χ4n) is 2.02. The van der Waals surface area contributed by atoms with Gasteiger partial charge in [0.05, 0.1) is 0 Å². The van der Waals surface area contributed by atoms with Gasteiger partial charge < -0.3 is 10.6 Å². The van der Waals surface area contributed by atoms with Gasteiger partial charge in [-0.15, -0.1) is 0 Å². The number of anilines is 1. The van der Waals surface area contributed by atoms with E-state index < -0.39 is 0 Å². The molecular weight excluding hydrogens is 264 g/mol. The smallest absolute Gasteiger partial charge is 0.270 e. The second-order valence-corrected chi connectivity index (χ2v) is 5.18. The van der Waals surface area contributed by atoms with Crippen LogP contribution in [0.25, 0.3) is 0 Å². The molecule has 2 aromatic rings. The Hall–Kier alpha value is -2.43. The van der Waals surface area contributed by atoms with Crippen LogP contribution in [0.3, 0.4) is 0 Å². The lowest BCUT2D eigenvalue weighted by Crippen LogP contribution is -2.27. The van der Waals surface area contributed by atoms with Gasteiger partial charge in [0.15, 0.2) is 0 Å². The molecule has 1 amide bonds. The number of amides is 1. The minimum absolute atomic E-state index is 0.160. The van der Waals surface area contributed by atoms with Crippen LogP contribution in [0.2, 0.25) is 0 Å². The van der Waals surface area contributed by atoms with Crippen LogP contribution in [0.1, 0.15) is 28.9 Å². The zero-order valence-corrected chi connectivity index (χ0v) is 11.7. The van der Waals surface area contributed by atoms with Crippen LogP contribution in [0.4, 0.5) is 5.95 Å².